The van der Waals surface area contributed by atoms with Gasteiger partial charge in [0.05, 0.1) is 12.2 Å². The van der Waals surface area contributed by atoms with E-state index in [1.165, 1.54) is 25.7 Å². The van der Waals surface area contributed by atoms with E-state index >= 15 is 0 Å². The fraction of sp³-hybridized carbons (Fsp3) is 0.625. The first-order valence-electron chi connectivity index (χ1n) is 7.35. The maximum absolute atomic E-state index is 6.30. The lowest BCUT2D eigenvalue weighted by molar-refractivity contribution is -0.0586. The molecule has 1 saturated carbocycles. The second-order valence-electron chi connectivity index (χ2n) is 5.41. The molecule has 3 atom stereocenters. The minimum atomic E-state index is -0.0316. The van der Waals surface area contributed by atoms with Crippen molar-refractivity contribution in [2.45, 2.75) is 51.2 Å². The van der Waals surface area contributed by atoms with Crippen molar-refractivity contribution in [3.05, 3.63) is 34.9 Å². The van der Waals surface area contributed by atoms with Crippen LogP contribution in [0.2, 0.25) is 5.02 Å². The van der Waals surface area contributed by atoms with Crippen molar-refractivity contribution in [3.8, 4) is 0 Å². The fourth-order valence-electron chi connectivity index (χ4n) is 3.01. The van der Waals surface area contributed by atoms with Crippen LogP contribution in [0, 0.1) is 5.92 Å². The minimum absolute atomic E-state index is 0.0316. The molecule has 19 heavy (non-hydrogen) atoms. The zero-order chi connectivity index (χ0) is 13.7. The smallest absolute Gasteiger partial charge is 0.0951 e. The van der Waals surface area contributed by atoms with Crippen LogP contribution in [-0.2, 0) is 4.74 Å². The molecule has 1 fully saturated rings. The van der Waals surface area contributed by atoms with E-state index in [0.717, 1.165) is 17.0 Å². The second kappa shape index (κ2) is 7.28. The number of hydrogen-bond donors (Lipinski definition) is 1. The first kappa shape index (κ1) is 14.8. The van der Waals surface area contributed by atoms with E-state index in [1.807, 2.05) is 24.3 Å². The Hall–Kier alpha value is -0.570. The van der Waals surface area contributed by atoms with E-state index in [-0.39, 0.29) is 6.10 Å². The molecular weight excluding hydrogens is 258 g/mol. The Bertz CT molecular complexity index is 396. The summed E-state index contributed by atoms with van der Waals surface area (Å²) in [5.74, 6) is 0.682. The molecule has 0 aromatic heterocycles. The average molecular weight is 282 g/mol. The monoisotopic (exact) mass is 281 g/mol. The van der Waals surface area contributed by atoms with Gasteiger partial charge in [-0.2, -0.15) is 0 Å². The van der Waals surface area contributed by atoms with Gasteiger partial charge in [-0.25, -0.2) is 0 Å². The first-order chi connectivity index (χ1) is 9.24. The van der Waals surface area contributed by atoms with Gasteiger partial charge in [0.1, 0.15) is 0 Å². The Kier molecular flexibility index (Phi) is 5.68. The quantitative estimate of drug-likeness (QED) is 0.872. The van der Waals surface area contributed by atoms with Gasteiger partial charge in [-0.15, -0.1) is 0 Å². The summed E-state index contributed by atoms with van der Waals surface area (Å²) in [4.78, 5) is 0. The number of halogens is 1. The van der Waals surface area contributed by atoms with Crippen LogP contribution in [0.4, 0.5) is 0 Å². The first-order valence-corrected chi connectivity index (χ1v) is 7.73. The topological polar surface area (TPSA) is 35.2 Å². The normalized spacial score (nSPS) is 25.2. The van der Waals surface area contributed by atoms with Crippen molar-refractivity contribution in [1.82, 2.24) is 0 Å². The Morgan fingerprint density at radius 2 is 2.16 bits per heavy atom. The van der Waals surface area contributed by atoms with Crippen LogP contribution in [0.1, 0.15) is 50.7 Å². The molecule has 1 aliphatic rings. The number of nitrogens with two attached hydrogens (primary N) is 1. The molecule has 2 rings (SSSR count). The molecule has 2 nitrogen and oxygen atoms in total. The fourth-order valence-corrected chi connectivity index (χ4v) is 3.21. The minimum Gasteiger partial charge on any atom is -0.369 e. The third-order valence-corrected chi connectivity index (χ3v) is 4.37. The summed E-state index contributed by atoms with van der Waals surface area (Å²) >= 11 is 6.05. The van der Waals surface area contributed by atoms with Gasteiger partial charge in [0.15, 0.2) is 0 Å². The molecule has 0 amide bonds. The molecule has 0 radical (unpaired) electrons. The predicted octanol–water partition coefficient (Wildman–Crippen LogP) is 4.33. The molecule has 0 saturated heterocycles. The van der Waals surface area contributed by atoms with E-state index in [4.69, 9.17) is 22.1 Å². The average Bonchev–Trinajstić information content (AvgIpc) is 2.45. The second-order valence-corrected chi connectivity index (χ2v) is 5.84. The van der Waals surface area contributed by atoms with Crippen molar-refractivity contribution < 1.29 is 4.74 Å². The van der Waals surface area contributed by atoms with Crippen LogP contribution >= 0.6 is 11.6 Å². The largest absolute Gasteiger partial charge is 0.369 e. The summed E-state index contributed by atoms with van der Waals surface area (Å²) in [6, 6.07) is 7.85. The molecule has 0 heterocycles. The summed E-state index contributed by atoms with van der Waals surface area (Å²) in [5.41, 5.74) is 6.98. The molecule has 0 bridgehead atoms. The van der Waals surface area contributed by atoms with Gasteiger partial charge in [-0.3, -0.25) is 0 Å². The van der Waals surface area contributed by atoms with E-state index in [9.17, 15) is 0 Å². The molecule has 3 heteroatoms. The van der Waals surface area contributed by atoms with Gasteiger partial charge in [0.25, 0.3) is 0 Å². The molecule has 0 aliphatic heterocycles. The van der Waals surface area contributed by atoms with E-state index in [0.29, 0.717) is 18.6 Å². The van der Waals surface area contributed by atoms with E-state index in [2.05, 4.69) is 6.92 Å². The van der Waals surface area contributed by atoms with Crippen LogP contribution in [0.3, 0.4) is 0 Å². The molecule has 1 aliphatic carbocycles. The summed E-state index contributed by atoms with van der Waals surface area (Å²) in [6.07, 6.45) is 6.57. The Morgan fingerprint density at radius 1 is 1.37 bits per heavy atom. The van der Waals surface area contributed by atoms with Crippen LogP contribution < -0.4 is 5.73 Å². The standard InChI is InChI=1S/C16H24ClNO/c1-2-12-6-3-4-9-15(12)19-16(11-18)13-7-5-8-14(17)10-13/h5,7-8,10,12,15-16H,2-4,6,9,11,18H2,1H3. The molecule has 106 valence electrons. The van der Waals surface area contributed by atoms with Crippen molar-refractivity contribution in [1.29, 1.82) is 0 Å². The lowest BCUT2D eigenvalue weighted by atomic mass is 9.84. The Labute approximate surface area is 121 Å². The van der Waals surface area contributed by atoms with Crippen molar-refractivity contribution in [3.63, 3.8) is 0 Å². The SMILES string of the molecule is CCC1CCCCC1OC(CN)c1cccc(Cl)c1. The number of hydrogen-bond acceptors (Lipinski definition) is 2. The zero-order valence-corrected chi connectivity index (χ0v) is 12.4. The summed E-state index contributed by atoms with van der Waals surface area (Å²) in [6.45, 7) is 2.76. The summed E-state index contributed by atoms with van der Waals surface area (Å²) < 4.78 is 6.30. The highest BCUT2D eigenvalue weighted by atomic mass is 35.5. The number of benzene rings is 1. The van der Waals surface area contributed by atoms with Crippen molar-refractivity contribution in [2.75, 3.05) is 6.54 Å². The molecule has 3 unspecified atom stereocenters. The van der Waals surface area contributed by atoms with E-state index in [1.54, 1.807) is 0 Å². The van der Waals surface area contributed by atoms with Crippen molar-refractivity contribution in [2.24, 2.45) is 11.7 Å². The van der Waals surface area contributed by atoms with Crippen LogP contribution in [-0.4, -0.2) is 12.6 Å². The van der Waals surface area contributed by atoms with Crippen LogP contribution in [0.15, 0.2) is 24.3 Å². The maximum Gasteiger partial charge on any atom is 0.0951 e. The zero-order valence-electron chi connectivity index (χ0n) is 11.6. The van der Waals surface area contributed by atoms with Crippen molar-refractivity contribution >= 4 is 11.6 Å². The Morgan fingerprint density at radius 3 is 2.84 bits per heavy atom. The lowest BCUT2D eigenvalue weighted by Gasteiger charge is -2.33. The van der Waals surface area contributed by atoms with Crippen LogP contribution in [0.25, 0.3) is 0 Å². The molecule has 1 aromatic rings. The summed E-state index contributed by atoms with van der Waals surface area (Å²) in [7, 11) is 0. The maximum atomic E-state index is 6.30. The number of rotatable bonds is 5. The van der Waals surface area contributed by atoms with Gasteiger partial charge in [-0.05, 0) is 36.5 Å². The highest BCUT2D eigenvalue weighted by Crippen LogP contribution is 2.33. The van der Waals surface area contributed by atoms with Gasteiger partial charge < -0.3 is 10.5 Å². The predicted molar refractivity (Wildman–Crippen MR) is 80.4 cm³/mol. The lowest BCUT2D eigenvalue weighted by Crippen LogP contribution is -2.31. The highest BCUT2D eigenvalue weighted by Gasteiger charge is 2.27. The molecular formula is C16H24ClNO. The van der Waals surface area contributed by atoms with Gasteiger partial charge in [0, 0.05) is 11.6 Å². The van der Waals surface area contributed by atoms with Gasteiger partial charge >= 0.3 is 0 Å². The van der Waals surface area contributed by atoms with Gasteiger partial charge in [-0.1, -0.05) is 49.9 Å². The molecule has 0 spiro atoms. The Balaban J connectivity index is 2.05. The molecule has 2 N–H and O–H groups in total. The number of ether oxygens (including phenoxy) is 1. The third-order valence-electron chi connectivity index (χ3n) is 4.14. The van der Waals surface area contributed by atoms with Gasteiger partial charge in [0.2, 0.25) is 0 Å². The molecule has 1 aromatic carbocycles. The van der Waals surface area contributed by atoms with E-state index < -0.39 is 0 Å². The van der Waals surface area contributed by atoms with Crippen LogP contribution in [0.5, 0.6) is 0 Å². The highest BCUT2D eigenvalue weighted by molar-refractivity contribution is 6.30. The summed E-state index contributed by atoms with van der Waals surface area (Å²) in [5, 5.41) is 0.746. The third kappa shape index (κ3) is 3.95.